The molecule has 3 N–H and O–H groups in total. The van der Waals surface area contributed by atoms with E-state index in [1.807, 2.05) is 24.3 Å². The van der Waals surface area contributed by atoms with E-state index in [0.29, 0.717) is 5.82 Å². The topological polar surface area (TPSA) is 54.7 Å². The number of nitrogens with zero attached hydrogens (tertiary/aromatic N) is 1. The molecule has 0 bridgehead atoms. The van der Waals surface area contributed by atoms with Crippen molar-refractivity contribution in [3.05, 3.63) is 35.0 Å². The number of H-pyrrole nitrogens is 1. The summed E-state index contributed by atoms with van der Waals surface area (Å²) in [5.74, 6) is 1.36. The number of nitrogens with two attached hydrogens (primary N) is 1. The van der Waals surface area contributed by atoms with Crippen molar-refractivity contribution in [3.63, 3.8) is 0 Å². The lowest BCUT2D eigenvalue weighted by Gasteiger charge is -2.24. The number of aromatic amines is 1. The fraction of sp³-hybridized carbons (Fsp3) is 0.357. The Morgan fingerprint density at radius 2 is 2.00 bits per heavy atom. The quantitative estimate of drug-likeness (QED) is 0.886. The summed E-state index contributed by atoms with van der Waals surface area (Å²) in [4.78, 5) is 0. The number of anilines is 1. The molecule has 94 valence electrons. The molecule has 1 aromatic heterocycles. The first-order chi connectivity index (χ1) is 8.74. The zero-order chi connectivity index (χ0) is 12.5. The van der Waals surface area contributed by atoms with Crippen LogP contribution in [0.4, 0.5) is 5.82 Å². The Morgan fingerprint density at radius 1 is 1.28 bits per heavy atom. The van der Waals surface area contributed by atoms with E-state index in [-0.39, 0.29) is 0 Å². The molecule has 0 spiro atoms. The van der Waals surface area contributed by atoms with Crippen LogP contribution in [0.1, 0.15) is 25.0 Å². The minimum Gasteiger partial charge on any atom is -0.382 e. The average Bonchev–Trinajstić information content (AvgIpc) is 2.67. The van der Waals surface area contributed by atoms with Gasteiger partial charge in [0, 0.05) is 16.3 Å². The summed E-state index contributed by atoms with van der Waals surface area (Å²) >= 11 is 5.91. The van der Waals surface area contributed by atoms with Crippen molar-refractivity contribution in [2.24, 2.45) is 5.92 Å². The molecule has 0 amide bonds. The molecule has 3 rings (SSSR count). The van der Waals surface area contributed by atoms with Gasteiger partial charge in [0.05, 0.1) is 0 Å². The number of nitrogens with one attached hydrogen (secondary N) is 1. The smallest absolute Gasteiger partial charge is 0.153 e. The number of rotatable bonds is 3. The predicted octanol–water partition coefficient (Wildman–Crippen LogP) is 3.65. The molecule has 0 saturated heterocycles. The van der Waals surface area contributed by atoms with Gasteiger partial charge in [-0.25, -0.2) is 0 Å². The zero-order valence-corrected chi connectivity index (χ0v) is 10.9. The summed E-state index contributed by atoms with van der Waals surface area (Å²) in [6.45, 7) is 0. The molecule has 1 saturated carbocycles. The number of benzene rings is 1. The van der Waals surface area contributed by atoms with Gasteiger partial charge in [-0.15, -0.1) is 0 Å². The fourth-order valence-corrected chi connectivity index (χ4v) is 2.59. The maximum atomic E-state index is 5.97. The first-order valence-electron chi connectivity index (χ1n) is 6.32. The van der Waals surface area contributed by atoms with Crippen LogP contribution in [-0.2, 0) is 6.42 Å². The first kappa shape index (κ1) is 11.6. The predicted molar refractivity (Wildman–Crippen MR) is 74.5 cm³/mol. The number of hydrogen-bond donors (Lipinski definition) is 2. The Hall–Kier alpha value is -1.48. The maximum Gasteiger partial charge on any atom is 0.153 e. The van der Waals surface area contributed by atoms with Crippen LogP contribution in [0.15, 0.2) is 24.3 Å². The van der Waals surface area contributed by atoms with Crippen molar-refractivity contribution >= 4 is 17.4 Å². The van der Waals surface area contributed by atoms with Gasteiger partial charge in [-0.3, -0.25) is 5.10 Å². The molecule has 1 aliphatic carbocycles. The van der Waals surface area contributed by atoms with Gasteiger partial charge in [-0.1, -0.05) is 43.0 Å². The van der Waals surface area contributed by atoms with E-state index in [2.05, 4.69) is 10.2 Å². The molecule has 4 heteroatoms. The van der Waals surface area contributed by atoms with E-state index in [1.54, 1.807) is 0 Å². The van der Waals surface area contributed by atoms with Crippen molar-refractivity contribution in [3.8, 4) is 11.1 Å². The summed E-state index contributed by atoms with van der Waals surface area (Å²) in [6.07, 6.45) is 5.03. The Bertz CT molecular complexity index is 541. The average molecular weight is 262 g/mol. The van der Waals surface area contributed by atoms with Crippen molar-refractivity contribution in [1.29, 1.82) is 0 Å². The molecule has 1 aliphatic rings. The molecular weight excluding hydrogens is 246 g/mol. The van der Waals surface area contributed by atoms with Gasteiger partial charge in [0.15, 0.2) is 5.82 Å². The Labute approximate surface area is 111 Å². The van der Waals surface area contributed by atoms with E-state index in [9.17, 15) is 0 Å². The molecule has 18 heavy (non-hydrogen) atoms. The molecule has 2 aromatic rings. The van der Waals surface area contributed by atoms with Crippen molar-refractivity contribution in [2.45, 2.75) is 25.7 Å². The largest absolute Gasteiger partial charge is 0.382 e. The second-order valence-corrected chi connectivity index (χ2v) is 5.41. The highest BCUT2D eigenvalue weighted by Gasteiger charge is 2.22. The highest BCUT2D eigenvalue weighted by molar-refractivity contribution is 6.30. The van der Waals surface area contributed by atoms with Crippen molar-refractivity contribution < 1.29 is 0 Å². The number of aromatic nitrogens is 2. The van der Waals surface area contributed by atoms with Gasteiger partial charge in [-0.2, -0.15) is 5.10 Å². The second kappa shape index (κ2) is 4.65. The highest BCUT2D eigenvalue weighted by Crippen LogP contribution is 2.35. The third kappa shape index (κ3) is 2.10. The fourth-order valence-electron chi connectivity index (χ4n) is 2.47. The monoisotopic (exact) mass is 261 g/mol. The molecule has 0 unspecified atom stereocenters. The minimum atomic E-state index is 0.576. The molecule has 1 heterocycles. The summed E-state index contributed by atoms with van der Waals surface area (Å²) in [5, 5.41) is 7.96. The Kier molecular flexibility index (Phi) is 3.00. The van der Waals surface area contributed by atoms with Crippen LogP contribution in [0.3, 0.4) is 0 Å². The Balaban J connectivity index is 1.94. The van der Waals surface area contributed by atoms with E-state index in [4.69, 9.17) is 17.3 Å². The van der Waals surface area contributed by atoms with Gasteiger partial charge in [-0.05, 0) is 30.0 Å². The SMILES string of the molecule is Nc1n[nH]c(CC2CCC2)c1-c1ccc(Cl)cc1. The van der Waals surface area contributed by atoms with Crippen LogP contribution in [0.25, 0.3) is 11.1 Å². The summed E-state index contributed by atoms with van der Waals surface area (Å²) in [5.41, 5.74) is 9.25. The van der Waals surface area contributed by atoms with Crippen molar-refractivity contribution in [2.75, 3.05) is 5.73 Å². The number of halogens is 1. The zero-order valence-electron chi connectivity index (χ0n) is 10.1. The summed E-state index contributed by atoms with van der Waals surface area (Å²) < 4.78 is 0. The first-order valence-corrected chi connectivity index (χ1v) is 6.70. The maximum absolute atomic E-state index is 5.97. The third-order valence-corrected chi connectivity index (χ3v) is 3.97. The standard InChI is InChI=1S/C14H16ClN3/c15-11-6-4-10(5-7-11)13-12(17-18-14(13)16)8-9-2-1-3-9/h4-7,9H,1-3,8H2,(H3,16,17,18). The van der Waals surface area contributed by atoms with E-state index >= 15 is 0 Å². The molecular formula is C14H16ClN3. The lowest BCUT2D eigenvalue weighted by atomic mass is 9.81. The molecule has 1 fully saturated rings. The normalized spacial score (nSPS) is 15.6. The van der Waals surface area contributed by atoms with Gasteiger partial charge in [0.25, 0.3) is 0 Å². The molecule has 1 aromatic carbocycles. The van der Waals surface area contributed by atoms with Gasteiger partial charge in [0.1, 0.15) is 0 Å². The molecule has 0 radical (unpaired) electrons. The van der Waals surface area contributed by atoms with E-state index < -0.39 is 0 Å². The van der Waals surface area contributed by atoms with Gasteiger partial charge >= 0.3 is 0 Å². The molecule has 0 aliphatic heterocycles. The summed E-state index contributed by atoms with van der Waals surface area (Å²) in [6, 6.07) is 7.76. The number of nitrogen functional groups attached to an aromatic ring is 1. The van der Waals surface area contributed by atoms with E-state index in [1.165, 1.54) is 19.3 Å². The third-order valence-electron chi connectivity index (χ3n) is 3.72. The molecule has 3 nitrogen and oxygen atoms in total. The molecule has 0 atom stereocenters. The lowest BCUT2D eigenvalue weighted by molar-refractivity contribution is 0.312. The van der Waals surface area contributed by atoms with Crippen LogP contribution in [0.5, 0.6) is 0 Å². The summed E-state index contributed by atoms with van der Waals surface area (Å²) in [7, 11) is 0. The minimum absolute atomic E-state index is 0.576. The lowest BCUT2D eigenvalue weighted by Crippen LogP contribution is -2.14. The van der Waals surface area contributed by atoms with Crippen LogP contribution in [0.2, 0.25) is 5.02 Å². The van der Waals surface area contributed by atoms with Crippen molar-refractivity contribution in [1.82, 2.24) is 10.2 Å². The Morgan fingerprint density at radius 3 is 2.61 bits per heavy atom. The van der Waals surface area contributed by atoms with Crippen LogP contribution < -0.4 is 5.73 Å². The van der Waals surface area contributed by atoms with Crippen LogP contribution in [0, 0.1) is 5.92 Å². The van der Waals surface area contributed by atoms with Crippen LogP contribution in [-0.4, -0.2) is 10.2 Å². The second-order valence-electron chi connectivity index (χ2n) is 4.97. The number of hydrogen-bond acceptors (Lipinski definition) is 2. The van der Waals surface area contributed by atoms with Gasteiger partial charge in [0.2, 0.25) is 0 Å². The van der Waals surface area contributed by atoms with Gasteiger partial charge < -0.3 is 5.73 Å². The van der Waals surface area contributed by atoms with Crippen LogP contribution >= 0.6 is 11.6 Å². The van der Waals surface area contributed by atoms with E-state index in [0.717, 1.165) is 34.2 Å². The highest BCUT2D eigenvalue weighted by atomic mass is 35.5.